The summed E-state index contributed by atoms with van der Waals surface area (Å²) in [6.45, 7) is 2.72. The number of likely N-dealkylation sites (tertiary alicyclic amines) is 2. The van der Waals surface area contributed by atoms with Crippen LogP contribution in [-0.4, -0.2) is 94.9 Å². The van der Waals surface area contributed by atoms with Crippen LogP contribution < -0.4 is 10.6 Å². The predicted octanol–water partition coefficient (Wildman–Crippen LogP) is 3.23. The third-order valence-electron chi connectivity index (χ3n) is 8.80. The molecule has 2 amide bonds. The minimum atomic E-state index is -0.387. The van der Waals surface area contributed by atoms with Crippen LogP contribution in [0.25, 0.3) is 0 Å². The number of nitrogens with one attached hydrogen (secondary N) is 2. The van der Waals surface area contributed by atoms with Gasteiger partial charge in [0, 0.05) is 49.1 Å². The number of rotatable bonds is 10. The summed E-state index contributed by atoms with van der Waals surface area (Å²) in [6, 6.07) is 9.79. The van der Waals surface area contributed by atoms with Crippen molar-refractivity contribution >= 4 is 47.2 Å². The van der Waals surface area contributed by atoms with Gasteiger partial charge in [-0.1, -0.05) is 37.1 Å². The van der Waals surface area contributed by atoms with Crippen molar-refractivity contribution in [3.8, 4) is 0 Å². The highest BCUT2D eigenvalue weighted by atomic mass is 35.5. The third-order valence-corrected chi connectivity index (χ3v) is 8.80. The number of nitrogens with zero attached hydrogens (tertiary/aromatic N) is 2. The Morgan fingerprint density at radius 2 is 1.12 bits per heavy atom. The number of fused-ring (bicyclic) bond motifs is 2. The van der Waals surface area contributed by atoms with E-state index in [-0.39, 0.29) is 108 Å². The van der Waals surface area contributed by atoms with Crippen LogP contribution in [0.1, 0.15) is 83.2 Å². The van der Waals surface area contributed by atoms with Gasteiger partial charge in [-0.25, -0.2) is 0 Å². The van der Waals surface area contributed by atoms with Gasteiger partial charge in [-0.3, -0.25) is 29.0 Å². The largest absolute Gasteiger partial charge is 0.395 e. The number of carbonyl (C=O) groups excluding carboxylic acids is 4. The van der Waals surface area contributed by atoms with Crippen molar-refractivity contribution in [1.82, 2.24) is 9.80 Å². The SMILES string of the molecule is Cl.O=C(CCN1CCCCC1CO)Nc1ccc(NC(=O)CCN2CCCCC2CO)c2c1C(=O)c1ccccc1C2=O. The molecule has 43 heavy (non-hydrogen) atoms. The minimum absolute atomic E-state index is 0. The first-order chi connectivity index (χ1) is 20.4. The van der Waals surface area contributed by atoms with E-state index in [1.54, 1.807) is 36.4 Å². The molecule has 0 saturated carbocycles. The molecular formula is C32H41ClN4O6. The summed E-state index contributed by atoms with van der Waals surface area (Å²) >= 11 is 0. The molecule has 4 N–H and O–H groups in total. The first-order valence-corrected chi connectivity index (χ1v) is 15.1. The smallest absolute Gasteiger partial charge is 0.225 e. The zero-order valence-corrected chi connectivity index (χ0v) is 25.2. The van der Waals surface area contributed by atoms with Gasteiger partial charge in [0.2, 0.25) is 11.8 Å². The molecular weight excluding hydrogens is 572 g/mol. The van der Waals surface area contributed by atoms with E-state index in [2.05, 4.69) is 20.4 Å². The van der Waals surface area contributed by atoms with Crippen LogP contribution in [0.3, 0.4) is 0 Å². The summed E-state index contributed by atoms with van der Waals surface area (Å²) in [7, 11) is 0. The van der Waals surface area contributed by atoms with Crippen molar-refractivity contribution in [3.63, 3.8) is 0 Å². The Labute approximate surface area is 258 Å². The highest BCUT2D eigenvalue weighted by Gasteiger charge is 2.35. The van der Waals surface area contributed by atoms with E-state index in [1.165, 1.54) is 0 Å². The number of hydrogen-bond donors (Lipinski definition) is 4. The molecule has 2 aromatic carbocycles. The summed E-state index contributed by atoms with van der Waals surface area (Å²) in [4.78, 5) is 57.7. The predicted molar refractivity (Wildman–Crippen MR) is 166 cm³/mol. The van der Waals surface area contributed by atoms with Crippen LogP contribution in [0.5, 0.6) is 0 Å². The summed E-state index contributed by atoms with van der Waals surface area (Å²) < 4.78 is 0. The van der Waals surface area contributed by atoms with Crippen molar-refractivity contribution in [1.29, 1.82) is 0 Å². The first kappa shape index (κ1) is 32.8. The third kappa shape index (κ3) is 7.33. The first-order valence-electron chi connectivity index (χ1n) is 15.1. The fraction of sp³-hybridized carbons (Fsp3) is 0.500. The van der Waals surface area contributed by atoms with Crippen LogP contribution in [0, 0.1) is 0 Å². The number of piperidine rings is 2. The lowest BCUT2D eigenvalue weighted by Crippen LogP contribution is -2.43. The fourth-order valence-corrected chi connectivity index (χ4v) is 6.47. The Bertz CT molecular complexity index is 1250. The number of carbonyl (C=O) groups is 4. The van der Waals surface area contributed by atoms with E-state index in [1.807, 2.05) is 0 Å². The van der Waals surface area contributed by atoms with Crippen molar-refractivity contribution in [2.75, 3.05) is 50.0 Å². The molecule has 2 aromatic rings. The normalized spacial score (nSPS) is 20.5. The van der Waals surface area contributed by atoms with Gasteiger partial charge in [0.15, 0.2) is 11.6 Å². The van der Waals surface area contributed by atoms with Gasteiger partial charge in [-0.15, -0.1) is 12.4 Å². The number of hydrogen-bond acceptors (Lipinski definition) is 8. The van der Waals surface area contributed by atoms with Crippen LogP contribution in [0.2, 0.25) is 0 Å². The van der Waals surface area contributed by atoms with E-state index in [0.717, 1.165) is 51.6 Å². The summed E-state index contributed by atoms with van der Waals surface area (Å²) in [5, 5.41) is 25.1. The van der Waals surface area contributed by atoms with Crippen molar-refractivity contribution < 1.29 is 29.4 Å². The fourth-order valence-electron chi connectivity index (χ4n) is 6.47. The second kappa shape index (κ2) is 15.0. The molecule has 0 bridgehead atoms. The Kier molecular flexibility index (Phi) is 11.5. The van der Waals surface area contributed by atoms with Crippen LogP contribution in [-0.2, 0) is 9.59 Å². The van der Waals surface area contributed by atoms with Crippen molar-refractivity contribution in [2.45, 2.75) is 63.5 Å². The lowest BCUT2D eigenvalue weighted by atomic mass is 9.82. The summed E-state index contributed by atoms with van der Waals surface area (Å²) in [5.41, 5.74) is 1.14. The van der Waals surface area contributed by atoms with E-state index in [0.29, 0.717) is 13.1 Å². The number of amides is 2. The highest BCUT2D eigenvalue weighted by Crippen LogP contribution is 2.37. The molecule has 5 rings (SSSR count). The second-order valence-corrected chi connectivity index (χ2v) is 11.4. The number of aliphatic hydroxyl groups is 2. The molecule has 10 nitrogen and oxygen atoms in total. The topological polar surface area (TPSA) is 139 Å². The minimum Gasteiger partial charge on any atom is -0.395 e. The van der Waals surface area contributed by atoms with Gasteiger partial charge in [-0.05, 0) is 50.9 Å². The quantitative estimate of drug-likeness (QED) is 0.274. The number of halogens is 1. The maximum Gasteiger partial charge on any atom is 0.225 e. The van der Waals surface area contributed by atoms with Gasteiger partial charge in [-0.2, -0.15) is 0 Å². The molecule has 3 aliphatic rings. The van der Waals surface area contributed by atoms with E-state index < -0.39 is 0 Å². The molecule has 2 fully saturated rings. The van der Waals surface area contributed by atoms with Gasteiger partial charge < -0.3 is 20.8 Å². The van der Waals surface area contributed by atoms with Crippen molar-refractivity contribution in [2.24, 2.45) is 0 Å². The van der Waals surface area contributed by atoms with E-state index >= 15 is 0 Å². The van der Waals surface area contributed by atoms with Gasteiger partial charge in [0.05, 0.1) is 35.7 Å². The molecule has 0 spiro atoms. The molecule has 0 aromatic heterocycles. The lowest BCUT2D eigenvalue weighted by molar-refractivity contribution is -0.117. The maximum absolute atomic E-state index is 13.7. The number of benzene rings is 2. The Morgan fingerprint density at radius 1 is 0.698 bits per heavy atom. The highest BCUT2D eigenvalue weighted by molar-refractivity contribution is 6.32. The van der Waals surface area contributed by atoms with E-state index in [4.69, 9.17) is 0 Å². The Hall–Kier alpha value is -3.15. The molecule has 2 unspecified atom stereocenters. The summed E-state index contributed by atoms with van der Waals surface area (Å²) in [5.74, 6) is -1.37. The van der Waals surface area contributed by atoms with Crippen LogP contribution in [0.4, 0.5) is 11.4 Å². The number of ketones is 2. The molecule has 11 heteroatoms. The monoisotopic (exact) mass is 612 g/mol. The van der Waals surface area contributed by atoms with Gasteiger partial charge >= 0.3 is 0 Å². The second-order valence-electron chi connectivity index (χ2n) is 11.4. The average Bonchev–Trinajstić information content (AvgIpc) is 3.02. The summed E-state index contributed by atoms with van der Waals surface area (Å²) in [6.07, 6.45) is 6.30. The number of anilines is 2. The number of aliphatic hydroxyl groups excluding tert-OH is 2. The Morgan fingerprint density at radius 3 is 1.51 bits per heavy atom. The molecule has 2 heterocycles. The van der Waals surface area contributed by atoms with Gasteiger partial charge in [0.1, 0.15) is 0 Å². The molecule has 0 radical (unpaired) electrons. The molecule has 2 saturated heterocycles. The molecule has 2 aliphatic heterocycles. The van der Waals surface area contributed by atoms with E-state index in [9.17, 15) is 29.4 Å². The zero-order valence-electron chi connectivity index (χ0n) is 24.3. The standard InChI is InChI=1S/C32H40N4O6.ClH/c37-19-21-7-3-5-15-35(21)17-13-27(39)33-25-11-12-26(34-28(40)14-18-36-16-6-4-8-22(36)20-38)30-29(25)31(41)23-9-1-2-10-24(23)32(30)42;/h1-2,9-12,21-22,37-38H,3-8,13-20H2,(H,33,39)(H,34,40);1H. The zero-order chi connectivity index (χ0) is 29.6. The van der Waals surface area contributed by atoms with Gasteiger partial charge in [0.25, 0.3) is 0 Å². The van der Waals surface area contributed by atoms with Crippen LogP contribution >= 0.6 is 12.4 Å². The lowest BCUT2D eigenvalue weighted by Gasteiger charge is -2.34. The molecule has 2 atom stereocenters. The molecule has 1 aliphatic carbocycles. The maximum atomic E-state index is 13.7. The average molecular weight is 613 g/mol. The van der Waals surface area contributed by atoms with Crippen molar-refractivity contribution in [3.05, 3.63) is 58.7 Å². The Balaban J connectivity index is 0.00000423. The molecule has 232 valence electrons. The van der Waals surface area contributed by atoms with Crippen LogP contribution in [0.15, 0.2) is 36.4 Å².